The maximum Gasteiger partial charge on any atom is 0.242 e. The van der Waals surface area contributed by atoms with Gasteiger partial charge in [-0.15, -0.1) is 0 Å². The molecule has 0 aromatic carbocycles. The van der Waals surface area contributed by atoms with Crippen LogP contribution < -0.4 is 10.0 Å². The minimum absolute atomic E-state index is 0.205. The Kier molecular flexibility index (Phi) is 4.53. The van der Waals surface area contributed by atoms with Gasteiger partial charge in [-0.25, -0.2) is 18.1 Å². The molecular formula is C11H18N6O2S. The van der Waals surface area contributed by atoms with Gasteiger partial charge in [0.2, 0.25) is 10.0 Å². The van der Waals surface area contributed by atoms with E-state index in [9.17, 15) is 8.42 Å². The van der Waals surface area contributed by atoms with Gasteiger partial charge in [-0.3, -0.25) is 5.10 Å². The first-order valence-corrected chi connectivity index (χ1v) is 7.77. The molecule has 0 radical (unpaired) electrons. The molecule has 2 heterocycles. The van der Waals surface area contributed by atoms with Crippen molar-refractivity contribution in [3.63, 3.8) is 0 Å². The second-order valence-corrected chi connectivity index (χ2v) is 6.07. The van der Waals surface area contributed by atoms with Gasteiger partial charge in [0.15, 0.2) is 0 Å². The maximum atomic E-state index is 12.2. The van der Waals surface area contributed by atoms with Gasteiger partial charge in [-0.05, 0) is 19.5 Å². The van der Waals surface area contributed by atoms with E-state index in [1.807, 2.05) is 6.92 Å². The third-order valence-electron chi connectivity index (χ3n) is 2.77. The molecule has 8 nitrogen and oxygen atoms in total. The van der Waals surface area contributed by atoms with Crippen molar-refractivity contribution in [2.45, 2.75) is 31.3 Å². The first-order valence-electron chi connectivity index (χ1n) is 6.28. The lowest BCUT2D eigenvalue weighted by molar-refractivity contribution is 0.560. The molecule has 0 spiro atoms. The molecule has 110 valence electrons. The van der Waals surface area contributed by atoms with Crippen LogP contribution in [-0.2, 0) is 16.6 Å². The molecule has 0 saturated heterocycles. The number of sulfonamides is 1. The standard InChI is InChI=1S/C11H18N6O2S/c1-3-12-5-9-4-10(6-13-9)20(18,19)17-8(2)11-14-7-15-16-11/h4,6-8,12-13,17H,3,5H2,1-2H3,(H,14,15,16). The fourth-order valence-corrected chi connectivity index (χ4v) is 2.94. The first-order chi connectivity index (χ1) is 9.53. The Balaban J connectivity index is 2.08. The normalized spacial score (nSPS) is 13.5. The largest absolute Gasteiger partial charge is 0.363 e. The summed E-state index contributed by atoms with van der Waals surface area (Å²) in [4.78, 5) is 7.07. The van der Waals surface area contributed by atoms with Crippen LogP contribution in [0.2, 0.25) is 0 Å². The van der Waals surface area contributed by atoms with Crippen LogP contribution in [0.25, 0.3) is 0 Å². The summed E-state index contributed by atoms with van der Waals surface area (Å²) in [6.07, 6.45) is 2.81. The van der Waals surface area contributed by atoms with Crippen LogP contribution in [0.3, 0.4) is 0 Å². The molecule has 20 heavy (non-hydrogen) atoms. The van der Waals surface area contributed by atoms with Crippen LogP contribution in [0.5, 0.6) is 0 Å². The molecular weight excluding hydrogens is 280 g/mol. The van der Waals surface area contributed by atoms with E-state index in [1.54, 1.807) is 13.0 Å². The van der Waals surface area contributed by atoms with Crippen molar-refractivity contribution in [2.24, 2.45) is 0 Å². The van der Waals surface area contributed by atoms with E-state index in [-0.39, 0.29) is 4.90 Å². The van der Waals surface area contributed by atoms with Crippen molar-refractivity contribution >= 4 is 10.0 Å². The van der Waals surface area contributed by atoms with E-state index in [0.29, 0.717) is 12.4 Å². The van der Waals surface area contributed by atoms with E-state index < -0.39 is 16.1 Å². The number of aromatic nitrogens is 4. The molecule has 2 aromatic rings. The Bertz CT molecular complexity index is 634. The molecule has 2 aromatic heterocycles. The van der Waals surface area contributed by atoms with E-state index in [2.05, 4.69) is 30.2 Å². The quantitative estimate of drug-likeness (QED) is 0.586. The van der Waals surface area contributed by atoms with Crippen LogP contribution in [0.1, 0.15) is 31.4 Å². The molecule has 4 N–H and O–H groups in total. The van der Waals surface area contributed by atoms with Crippen molar-refractivity contribution in [3.8, 4) is 0 Å². The number of hydrogen-bond donors (Lipinski definition) is 4. The number of nitrogens with one attached hydrogen (secondary N) is 4. The van der Waals surface area contributed by atoms with Gasteiger partial charge < -0.3 is 10.3 Å². The second kappa shape index (κ2) is 6.16. The smallest absolute Gasteiger partial charge is 0.242 e. The Morgan fingerprint density at radius 2 is 2.25 bits per heavy atom. The zero-order valence-corrected chi connectivity index (χ0v) is 12.2. The van der Waals surface area contributed by atoms with Gasteiger partial charge >= 0.3 is 0 Å². The third kappa shape index (κ3) is 3.44. The monoisotopic (exact) mass is 298 g/mol. The molecule has 2 rings (SSSR count). The molecule has 1 unspecified atom stereocenters. The highest BCUT2D eigenvalue weighted by molar-refractivity contribution is 7.89. The fraction of sp³-hybridized carbons (Fsp3) is 0.455. The maximum absolute atomic E-state index is 12.2. The molecule has 0 aliphatic rings. The lowest BCUT2D eigenvalue weighted by atomic mass is 10.3. The number of aromatic amines is 2. The Labute approximate surface area is 117 Å². The summed E-state index contributed by atoms with van der Waals surface area (Å²) in [5, 5.41) is 9.46. The summed E-state index contributed by atoms with van der Waals surface area (Å²) in [7, 11) is -3.59. The summed E-state index contributed by atoms with van der Waals surface area (Å²) < 4.78 is 27.0. The van der Waals surface area contributed by atoms with E-state index in [1.165, 1.54) is 12.5 Å². The lowest BCUT2D eigenvalue weighted by Crippen LogP contribution is -2.27. The summed E-state index contributed by atoms with van der Waals surface area (Å²) >= 11 is 0. The molecule has 0 amide bonds. The van der Waals surface area contributed by atoms with Crippen molar-refractivity contribution in [1.82, 2.24) is 30.2 Å². The molecule has 1 atom stereocenters. The van der Waals surface area contributed by atoms with Crippen molar-refractivity contribution in [3.05, 3.63) is 30.1 Å². The molecule has 0 aliphatic carbocycles. The molecule has 0 fully saturated rings. The van der Waals surface area contributed by atoms with Crippen LogP contribution in [-0.4, -0.2) is 35.1 Å². The molecule has 0 aliphatic heterocycles. The number of nitrogens with zero attached hydrogens (tertiary/aromatic N) is 2. The summed E-state index contributed by atoms with van der Waals surface area (Å²) in [6.45, 7) is 5.11. The van der Waals surface area contributed by atoms with Crippen LogP contribution >= 0.6 is 0 Å². The predicted octanol–water partition coefficient (Wildman–Crippen LogP) is 0.282. The zero-order chi connectivity index (χ0) is 14.6. The molecule has 9 heteroatoms. The average molecular weight is 298 g/mol. The first kappa shape index (κ1) is 14.7. The van der Waals surface area contributed by atoms with Gasteiger partial charge in [0.1, 0.15) is 12.2 Å². The fourth-order valence-electron chi connectivity index (χ4n) is 1.72. The van der Waals surface area contributed by atoms with Crippen LogP contribution in [0.4, 0.5) is 0 Å². The predicted molar refractivity (Wildman–Crippen MR) is 73.3 cm³/mol. The summed E-state index contributed by atoms with van der Waals surface area (Å²) in [5.74, 6) is 0.469. The molecule has 0 bridgehead atoms. The summed E-state index contributed by atoms with van der Waals surface area (Å²) in [6, 6.07) is 1.13. The minimum Gasteiger partial charge on any atom is -0.363 e. The molecule has 0 saturated carbocycles. The lowest BCUT2D eigenvalue weighted by Gasteiger charge is -2.10. The highest BCUT2D eigenvalue weighted by Gasteiger charge is 2.21. The number of hydrogen-bond acceptors (Lipinski definition) is 5. The number of H-pyrrole nitrogens is 2. The average Bonchev–Trinajstić information content (AvgIpc) is 3.07. The van der Waals surface area contributed by atoms with Gasteiger partial charge in [0.25, 0.3) is 0 Å². The highest BCUT2D eigenvalue weighted by atomic mass is 32.2. The van der Waals surface area contributed by atoms with Gasteiger partial charge in [-0.1, -0.05) is 6.92 Å². The zero-order valence-electron chi connectivity index (χ0n) is 11.3. The van der Waals surface area contributed by atoms with Crippen molar-refractivity contribution < 1.29 is 8.42 Å². The highest BCUT2D eigenvalue weighted by Crippen LogP contribution is 2.14. The second-order valence-electron chi connectivity index (χ2n) is 4.35. The van der Waals surface area contributed by atoms with E-state index >= 15 is 0 Å². The van der Waals surface area contributed by atoms with Crippen LogP contribution in [0.15, 0.2) is 23.5 Å². The van der Waals surface area contributed by atoms with E-state index in [0.717, 1.165) is 12.2 Å². The van der Waals surface area contributed by atoms with Gasteiger partial charge in [-0.2, -0.15) is 5.10 Å². The Morgan fingerprint density at radius 3 is 2.90 bits per heavy atom. The van der Waals surface area contributed by atoms with E-state index in [4.69, 9.17) is 0 Å². The Morgan fingerprint density at radius 1 is 1.45 bits per heavy atom. The van der Waals surface area contributed by atoms with Crippen molar-refractivity contribution in [2.75, 3.05) is 6.54 Å². The summed E-state index contributed by atoms with van der Waals surface area (Å²) in [5.41, 5.74) is 0.819. The van der Waals surface area contributed by atoms with Gasteiger partial charge in [0.05, 0.1) is 10.9 Å². The van der Waals surface area contributed by atoms with Gasteiger partial charge in [0, 0.05) is 18.4 Å². The Hall–Kier alpha value is -1.71. The minimum atomic E-state index is -3.59. The van der Waals surface area contributed by atoms with Crippen LogP contribution in [0, 0.1) is 0 Å². The topological polar surface area (TPSA) is 116 Å². The SMILES string of the molecule is CCNCc1cc(S(=O)(=O)NC(C)c2ncn[nH]2)c[nH]1. The third-order valence-corrected chi connectivity index (χ3v) is 4.29. The number of rotatable bonds is 7. The van der Waals surface area contributed by atoms with Crippen molar-refractivity contribution in [1.29, 1.82) is 0 Å².